The van der Waals surface area contributed by atoms with Crippen molar-refractivity contribution in [2.24, 2.45) is 0 Å². The molecule has 1 aliphatic heterocycles. The molecule has 0 spiro atoms. The highest BCUT2D eigenvalue weighted by molar-refractivity contribution is 5.97. The van der Waals surface area contributed by atoms with Crippen LogP contribution in [-0.2, 0) is 0 Å². The quantitative estimate of drug-likeness (QED) is 0.676. The highest BCUT2D eigenvalue weighted by Crippen LogP contribution is 2.36. The summed E-state index contributed by atoms with van der Waals surface area (Å²) >= 11 is 0. The van der Waals surface area contributed by atoms with Gasteiger partial charge in [-0.05, 0) is 29.8 Å². The van der Waals surface area contributed by atoms with Crippen molar-refractivity contribution in [3.05, 3.63) is 54.4 Å². The van der Waals surface area contributed by atoms with Gasteiger partial charge in [-0.3, -0.25) is 4.79 Å². The van der Waals surface area contributed by atoms with Gasteiger partial charge >= 0.3 is 0 Å². The summed E-state index contributed by atoms with van der Waals surface area (Å²) in [5.41, 5.74) is 3.43. The van der Waals surface area contributed by atoms with Crippen molar-refractivity contribution < 1.29 is 14.3 Å². The van der Waals surface area contributed by atoms with Crippen molar-refractivity contribution in [1.82, 2.24) is 4.40 Å². The molecule has 0 saturated carbocycles. The minimum Gasteiger partial charge on any atom is -0.486 e. The van der Waals surface area contributed by atoms with Crippen LogP contribution in [0.2, 0.25) is 0 Å². The van der Waals surface area contributed by atoms with Gasteiger partial charge in [-0.1, -0.05) is 12.1 Å². The Balaban J connectivity index is 1.91. The van der Waals surface area contributed by atoms with E-state index in [2.05, 4.69) is 0 Å². The molecule has 0 unspecified atom stereocenters. The Morgan fingerprint density at radius 2 is 1.90 bits per heavy atom. The van der Waals surface area contributed by atoms with Crippen molar-refractivity contribution in [2.75, 3.05) is 13.2 Å². The van der Waals surface area contributed by atoms with Gasteiger partial charge in [-0.25, -0.2) is 0 Å². The van der Waals surface area contributed by atoms with Crippen LogP contribution in [0.25, 0.3) is 16.6 Å². The monoisotopic (exact) mass is 279 g/mol. The third kappa shape index (κ3) is 1.88. The van der Waals surface area contributed by atoms with E-state index in [1.54, 1.807) is 0 Å². The van der Waals surface area contributed by atoms with Crippen LogP contribution in [0.4, 0.5) is 0 Å². The number of pyridine rings is 1. The number of aromatic nitrogens is 1. The van der Waals surface area contributed by atoms with Crippen LogP contribution in [0.5, 0.6) is 11.5 Å². The Morgan fingerprint density at radius 1 is 1.05 bits per heavy atom. The fourth-order valence-electron chi connectivity index (χ4n) is 2.71. The summed E-state index contributed by atoms with van der Waals surface area (Å²) in [4.78, 5) is 11.5. The van der Waals surface area contributed by atoms with Gasteiger partial charge in [0.2, 0.25) is 0 Å². The van der Waals surface area contributed by atoms with Crippen molar-refractivity contribution >= 4 is 11.8 Å². The van der Waals surface area contributed by atoms with E-state index in [4.69, 9.17) is 9.47 Å². The van der Waals surface area contributed by atoms with Crippen LogP contribution in [0.3, 0.4) is 0 Å². The van der Waals surface area contributed by atoms with E-state index in [0.717, 1.165) is 34.4 Å². The zero-order valence-electron chi connectivity index (χ0n) is 11.3. The highest BCUT2D eigenvalue weighted by Gasteiger charge is 2.16. The fourth-order valence-corrected chi connectivity index (χ4v) is 2.71. The van der Waals surface area contributed by atoms with Crippen LogP contribution in [-0.4, -0.2) is 23.9 Å². The van der Waals surface area contributed by atoms with Gasteiger partial charge in [0.25, 0.3) is 0 Å². The van der Waals surface area contributed by atoms with E-state index in [1.807, 2.05) is 53.2 Å². The molecule has 3 heterocycles. The summed E-state index contributed by atoms with van der Waals surface area (Å²) in [5, 5.41) is 0. The minimum absolute atomic E-state index is 0.550. The summed E-state index contributed by atoms with van der Waals surface area (Å²) in [6, 6.07) is 11.6. The molecule has 2 aromatic heterocycles. The Bertz CT molecular complexity index is 835. The smallest absolute Gasteiger partial charge is 0.161 e. The maximum absolute atomic E-state index is 11.5. The Hall–Kier alpha value is -2.75. The Labute approximate surface area is 121 Å². The minimum atomic E-state index is 0.550. The first-order valence-corrected chi connectivity index (χ1v) is 6.82. The van der Waals surface area contributed by atoms with E-state index >= 15 is 0 Å². The molecule has 21 heavy (non-hydrogen) atoms. The zero-order valence-corrected chi connectivity index (χ0v) is 11.3. The Kier molecular flexibility index (Phi) is 2.67. The van der Waals surface area contributed by atoms with Gasteiger partial charge in [0.05, 0.1) is 5.52 Å². The fraction of sp³-hybridized carbons (Fsp3) is 0.118. The highest BCUT2D eigenvalue weighted by atomic mass is 16.6. The van der Waals surface area contributed by atoms with Gasteiger partial charge in [0.1, 0.15) is 13.2 Å². The molecule has 104 valence electrons. The number of carbonyl (C=O) groups excluding carboxylic acids is 1. The maximum Gasteiger partial charge on any atom is 0.161 e. The summed E-state index contributed by atoms with van der Waals surface area (Å²) in [6.45, 7) is 1.12. The molecular formula is C17H13NO3. The van der Waals surface area contributed by atoms with E-state index in [1.165, 1.54) is 0 Å². The number of nitrogens with zero attached hydrogens (tertiary/aromatic N) is 1. The van der Waals surface area contributed by atoms with Gasteiger partial charge < -0.3 is 13.9 Å². The molecule has 4 rings (SSSR count). The molecule has 0 saturated heterocycles. The van der Waals surface area contributed by atoms with Gasteiger partial charge in [-0.15, -0.1) is 0 Å². The van der Waals surface area contributed by atoms with Gasteiger partial charge in [0, 0.05) is 23.5 Å². The lowest BCUT2D eigenvalue weighted by Gasteiger charge is -2.18. The predicted octanol–water partition coefficient (Wildman–Crippen LogP) is 3.19. The van der Waals surface area contributed by atoms with Crippen molar-refractivity contribution in [2.45, 2.75) is 0 Å². The number of hydrogen-bond donors (Lipinski definition) is 0. The number of fused-ring (bicyclic) bond motifs is 2. The average molecular weight is 279 g/mol. The first-order valence-electron chi connectivity index (χ1n) is 6.82. The first-order chi connectivity index (χ1) is 10.4. The molecule has 0 amide bonds. The molecule has 0 atom stereocenters. The molecular weight excluding hydrogens is 266 g/mol. The number of rotatable bonds is 2. The van der Waals surface area contributed by atoms with Crippen LogP contribution in [0.1, 0.15) is 10.4 Å². The lowest BCUT2D eigenvalue weighted by molar-refractivity contribution is 0.112. The number of carbonyl (C=O) groups is 1. The van der Waals surface area contributed by atoms with Crippen molar-refractivity contribution in [3.8, 4) is 22.6 Å². The normalized spacial score (nSPS) is 13.3. The molecule has 0 bridgehead atoms. The van der Waals surface area contributed by atoms with E-state index < -0.39 is 0 Å². The second-order valence-corrected chi connectivity index (χ2v) is 4.93. The van der Waals surface area contributed by atoms with Crippen LogP contribution in [0, 0.1) is 0 Å². The van der Waals surface area contributed by atoms with E-state index in [0.29, 0.717) is 18.8 Å². The van der Waals surface area contributed by atoms with Crippen LogP contribution >= 0.6 is 0 Å². The lowest BCUT2D eigenvalue weighted by Crippen LogP contribution is -2.15. The second kappa shape index (κ2) is 4.66. The standard InChI is InChI=1S/C17H13NO3/c19-11-14-13(10-18-6-2-1-3-15(14)18)12-4-5-16-17(9-12)21-8-7-20-16/h1-6,9-11H,7-8H2. The number of hydrogen-bond acceptors (Lipinski definition) is 3. The van der Waals surface area contributed by atoms with Gasteiger partial charge in [0.15, 0.2) is 17.8 Å². The summed E-state index contributed by atoms with van der Waals surface area (Å²) in [7, 11) is 0. The molecule has 0 fully saturated rings. The number of aldehydes is 1. The molecule has 1 aromatic carbocycles. The largest absolute Gasteiger partial charge is 0.486 e. The van der Waals surface area contributed by atoms with E-state index in [-0.39, 0.29) is 0 Å². The third-order valence-corrected chi connectivity index (χ3v) is 3.70. The van der Waals surface area contributed by atoms with Crippen LogP contribution in [0.15, 0.2) is 48.8 Å². The second-order valence-electron chi connectivity index (χ2n) is 4.93. The summed E-state index contributed by atoms with van der Waals surface area (Å²) in [5.74, 6) is 1.48. The Morgan fingerprint density at radius 3 is 2.76 bits per heavy atom. The summed E-state index contributed by atoms with van der Waals surface area (Å²) in [6.07, 6.45) is 4.80. The molecule has 1 aliphatic rings. The first kappa shape index (κ1) is 12.0. The van der Waals surface area contributed by atoms with E-state index in [9.17, 15) is 4.79 Å². The SMILES string of the molecule is O=Cc1c(-c2ccc3c(c2)OCCO3)cn2ccccc12. The molecule has 0 aliphatic carbocycles. The van der Waals surface area contributed by atoms with Crippen molar-refractivity contribution in [1.29, 1.82) is 0 Å². The topological polar surface area (TPSA) is 39.9 Å². The molecule has 0 N–H and O–H groups in total. The van der Waals surface area contributed by atoms with Crippen LogP contribution < -0.4 is 9.47 Å². The molecule has 4 nitrogen and oxygen atoms in total. The van der Waals surface area contributed by atoms with Crippen molar-refractivity contribution in [3.63, 3.8) is 0 Å². The molecule has 4 heteroatoms. The number of ether oxygens (including phenoxy) is 2. The average Bonchev–Trinajstić information content (AvgIpc) is 2.93. The predicted molar refractivity (Wildman–Crippen MR) is 79.2 cm³/mol. The zero-order chi connectivity index (χ0) is 14.2. The maximum atomic E-state index is 11.5. The third-order valence-electron chi connectivity index (χ3n) is 3.70. The number of benzene rings is 1. The summed E-state index contributed by atoms with van der Waals surface area (Å²) < 4.78 is 13.1. The molecule has 3 aromatic rings. The molecule has 0 radical (unpaired) electrons. The van der Waals surface area contributed by atoms with Gasteiger partial charge in [-0.2, -0.15) is 0 Å². The lowest BCUT2D eigenvalue weighted by atomic mass is 10.0.